The van der Waals surface area contributed by atoms with Crippen LogP contribution in [0.2, 0.25) is 0 Å². The highest BCUT2D eigenvalue weighted by Crippen LogP contribution is 2.13. The van der Waals surface area contributed by atoms with E-state index < -0.39 is 0 Å². The minimum absolute atomic E-state index is 0. The number of hydrogen-bond donors (Lipinski definition) is 2. The molecule has 1 aliphatic rings. The lowest BCUT2D eigenvalue weighted by Gasteiger charge is -2.34. The fourth-order valence-electron chi connectivity index (χ4n) is 2.36. The third-order valence-corrected chi connectivity index (χ3v) is 3.42. The van der Waals surface area contributed by atoms with E-state index in [1.165, 1.54) is 0 Å². The Hall–Kier alpha value is -0.570. The van der Waals surface area contributed by atoms with Gasteiger partial charge in [0.15, 0.2) is 5.96 Å². The highest BCUT2D eigenvalue weighted by Gasteiger charge is 2.21. The number of rotatable bonds is 7. The number of amides is 1. The molecule has 7 heteroatoms. The maximum absolute atomic E-state index is 11.6. The van der Waals surface area contributed by atoms with Crippen LogP contribution in [0.4, 0.5) is 0 Å². The van der Waals surface area contributed by atoms with Crippen molar-refractivity contribution >= 4 is 35.8 Å². The van der Waals surface area contributed by atoms with Gasteiger partial charge < -0.3 is 20.3 Å². The Kier molecular flexibility index (Phi) is 12.6. The van der Waals surface area contributed by atoms with Gasteiger partial charge in [-0.3, -0.25) is 4.79 Å². The van der Waals surface area contributed by atoms with E-state index in [4.69, 9.17) is 4.74 Å². The smallest absolute Gasteiger partial charge is 0.241 e. The third-order valence-electron chi connectivity index (χ3n) is 3.42. The molecule has 1 amide bonds. The monoisotopic (exact) mass is 426 g/mol. The normalized spacial score (nSPS) is 16.1. The summed E-state index contributed by atoms with van der Waals surface area (Å²) in [6.07, 6.45) is 3.34. The van der Waals surface area contributed by atoms with Gasteiger partial charge in [0.05, 0.1) is 6.10 Å². The minimum Gasteiger partial charge on any atom is -0.378 e. The van der Waals surface area contributed by atoms with Gasteiger partial charge >= 0.3 is 0 Å². The number of aliphatic imine (C=N–C) groups is 1. The van der Waals surface area contributed by atoms with Crippen LogP contribution in [-0.4, -0.2) is 62.2 Å². The van der Waals surface area contributed by atoms with Crippen molar-refractivity contribution in [3.8, 4) is 0 Å². The highest BCUT2D eigenvalue weighted by molar-refractivity contribution is 14.0. The van der Waals surface area contributed by atoms with Crippen molar-refractivity contribution in [2.45, 2.75) is 46.1 Å². The van der Waals surface area contributed by atoms with Crippen LogP contribution in [0, 0.1) is 0 Å². The summed E-state index contributed by atoms with van der Waals surface area (Å²) < 4.78 is 5.66. The van der Waals surface area contributed by atoms with Gasteiger partial charge in [0, 0.05) is 32.8 Å². The molecule has 0 saturated carbocycles. The third kappa shape index (κ3) is 8.17. The molecule has 130 valence electrons. The van der Waals surface area contributed by atoms with Crippen LogP contribution in [0.3, 0.4) is 0 Å². The summed E-state index contributed by atoms with van der Waals surface area (Å²) in [5.41, 5.74) is 0. The highest BCUT2D eigenvalue weighted by atomic mass is 127. The van der Waals surface area contributed by atoms with Crippen LogP contribution in [0.15, 0.2) is 4.99 Å². The largest absolute Gasteiger partial charge is 0.378 e. The molecule has 1 saturated heterocycles. The molecule has 2 N–H and O–H groups in total. The Balaban J connectivity index is 0.00000441. The molecule has 1 aliphatic heterocycles. The molecule has 0 spiro atoms. The molecular weight excluding hydrogens is 395 g/mol. The first kappa shape index (κ1) is 21.4. The molecule has 0 aliphatic carbocycles. The molecule has 1 fully saturated rings. The van der Waals surface area contributed by atoms with Crippen molar-refractivity contribution in [3.63, 3.8) is 0 Å². The Morgan fingerprint density at radius 1 is 1.23 bits per heavy atom. The van der Waals surface area contributed by atoms with E-state index in [0.29, 0.717) is 12.6 Å². The first-order valence-corrected chi connectivity index (χ1v) is 8.12. The van der Waals surface area contributed by atoms with Crippen LogP contribution in [-0.2, 0) is 9.53 Å². The fourth-order valence-corrected chi connectivity index (χ4v) is 2.36. The molecule has 1 heterocycles. The lowest BCUT2D eigenvalue weighted by Crippen LogP contribution is -2.47. The average molecular weight is 426 g/mol. The van der Waals surface area contributed by atoms with E-state index in [2.05, 4.69) is 20.5 Å². The fraction of sp³-hybridized carbons (Fsp3) is 0.867. The molecule has 6 nitrogen and oxygen atoms in total. The van der Waals surface area contributed by atoms with Crippen LogP contribution in [0.5, 0.6) is 0 Å². The molecule has 0 aromatic rings. The SMILES string of the molecule is CCCNC(=O)CN=C(NCC)N1CCC(OCC)CC1.I. The number of carbonyl (C=O) groups is 1. The first-order valence-electron chi connectivity index (χ1n) is 8.12. The zero-order valence-electron chi connectivity index (χ0n) is 14.1. The number of hydrogen-bond acceptors (Lipinski definition) is 3. The zero-order chi connectivity index (χ0) is 15.5. The molecular formula is C15H31IN4O2. The molecule has 0 radical (unpaired) electrons. The van der Waals surface area contributed by atoms with E-state index in [-0.39, 0.29) is 36.4 Å². The topological polar surface area (TPSA) is 66.0 Å². The van der Waals surface area contributed by atoms with Crippen molar-refractivity contribution in [1.82, 2.24) is 15.5 Å². The molecule has 0 aromatic carbocycles. The van der Waals surface area contributed by atoms with Gasteiger partial charge in [-0.05, 0) is 33.1 Å². The number of nitrogens with one attached hydrogen (secondary N) is 2. The average Bonchev–Trinajstić information content (AvgIpc) is 2.50. The van der Waals surface area contributed by atoms with E-state index in [0.717, 1.165) is 51.5 Å². The molecule has 0 atom stereocenters. The lowest BCUT2D eigenvalue weighted by molar-refractivity contribution is -0.119. The van der Waals surface area contributed by atoms with Gasteiger partial charge in [-0.1, -0.05) is 6.92 Å². The summed E-state index contributed by atoms with van der Waals surface area (Å²) in [6, 6.07) is 0. The standard InChI is InChI=1S/C15H30N4O2.HI/c1-4-9-17-14(20)12-18-15(16-5-2)19-10-7-13(8-11-19)21-6-3;/h13H,4-12H2,1-3H3,(H,16,18)(H,17,20);1H. The Morgan fingerprint density at radius 2 is 1.91 bits per heavy atom. The van der Waals surface area contributed by atoms with E-state index >= 15 is 0 Å². The van der Waals surface area contributed by atoms with Gasteiger partial charge in [0.25, 0.3) is 0 Å². The molecule has 1 rings (SSSR count). The number of likely N-dealkylation sites (tertiary alicyclic amines) is 1. The number of piperidine rings is 1. The van der Waals surface area contributed by atoms with Gasteiger partial charge in [0.2, 0.25) is 5.91 Å². The quantitative estimate of drug-likeness (QED) is 0.369. The predicted molar refractivity (Wildman–Crippen MR) is 101 cm³/mol. The predicted octanol–water partition coefficient (Wildman–Crippen LogP) is 1.60. The second-order valence-electron chi connectivity index (χ2n) is 5.16. The Bertz CT molecular complexity index is 332. The van der Waals surface area contributed by atoms with Crippen molar-refractivity contribution in [2.24, 2.45) is 4.99 Å². The van der Waals surface area contributed by atoms with Crippen molar-refractivity contribution < 1.29 is 9.53 Å². The van der Waals surface area contributed by atoms with Crippen molar-refractivity contribution in [2.75, 3.05) is 39.3 Å². The van der Waals surface area contributed by atoms with Gasteiger partial charge in [-0.15, -0.1) is 24.0 Å². The summed E-state index contributed by atoms with van der Waals surface area (Å²) >= 11 is 0. The summed E-state index contributed by atoms with van der Waals surface area (Å²) in [5.74, 6) is 0.815. The second-order valence-corrected chi connectivity index (χ2v) is 5.16. The minimum atomic E-state index is -0.0172. The number of halogens is 1. The summed E-state index contributed by atoms with van der Waals surface area (Å²) in [7, 11) is 0. The molecule has 0 unspecified atom stereocenters. The number of carbonyl (C=O) groups excluding carboxylic acids is 1. The zero-order valence-corrected chi connectivity index (χ0v) is 16.4. The molecule has 0 aromatic heterocycles. The number of nitrogens with zero attached hydrogens (tertiary/aromatic N) is 2. The van der Waals surface area contributed by atoms with Crippen LogP contribution < -0.4 is 10.6 Å². The maximum atomic E-state index is 11.6. The second kappa shape index (κ2) is 12.9. The number of ether oxygens (including phenoxy) is 1. The molecule has 0 bridgehead atoms. The maximum Gasteiger partial charge on any atom is 0.241 e. The Labute approximate surface area is 151 Å². The number of guanidine groups is 1. The van der Waals surface area contributed by atoms with Crippen LogP contribution >= 0.6 is 24.0 Å². The van der Waals surface area contributed by atoms with Crippen LogP contribution in [0.1, 0.15) is 40.0 Å². The van der Waals surface area contributed by atoms with E-state index in [9.17, 15) is 4.79 Å². The van der Waals surface area contributed by atoms with E-state index in [1.807, 2.05) is 20.8 Å². The van der Waals surface area contributed by atoms with Crippen molar-refractivity contribution in [3.05, 3.63) is 0 Å². The summed E-state index contributed by atoms with van der Waals surface area (Å²) in [6.45, 7) is 10.4. The Morgan fingerprint density at radius 3 is 2.45 bits per heavy atom. The lowest BCUT2D eigenvalue weighted by atomic mass is 10.1. The van der Waals surface area contributed by atoms with Gasteiger partial charge in [0.1, 0.15) is 6.54 Å². The van der Waals surface area contributed by atoms with Gasteiger partial charge in [-0.2, -0.15) is 0 Å². The van der Waals surface area contributed by atoms with Crippen LogP contribution in [0.25, 0.3) is 0 Å². The first-order chi connectivity index (χ1) is 10.2. The van der Waals surface area contributed by atoms with Crippen molar-refractivity contribution in [1.29, 1.82) is 0 Å². The molecule has 22 heavy (non-hydrogen) atoms. The van der Waals surface area contributed by atoms with E-state index in [1.54, 1.807) is 0 Å². The summed E-state index contributed by atoms with van der Waals surface area (Å²) in [4.78, 5) is 18.3. The van der Waals surface area contributed by atoms with Gasteiger partial charge in [-0.25, -0.2) is 4.99 Å². The summed E-state index contributed by atoms with van der Waals surface area (Å²) in [5, 5.41) is 6.11.